The van der Waals surface area contributed by atoms with Crippen LogP contribution in [-0.2, 0) is 0 Å². The van der Waals surface area contributed by atoms with E-state index in [1.54, 1.807) is 6.20 Å². The third-order valence-electron chi connectivity index (χ3n) is 8.72. The third kappa shape index (κ3) is 2.43. The maximum atomic E-state index is 14.5. The number of pyridine rings is 1. The van der Waals surface area contributed by atoms with Gasteiger partial charge in [-0.1, -0.05) is 31.6 Å². The summed E-state index contributed by atoms with van der Waals surface area (Å²) in [4.78, 5) is 4.20. The van der Waals surface area contributed by atoms with E-state index in [4.69, 9.17) is 0 Å². The summed E-state index contributed by atoms with van der Waals surface area (Å²) >= 11 is 0. The highest BCUT2D eigenvalue weighted by Gasteiger charge is 2.56. The molecule has 0 spiro atoms. The second-order valence-electron chi connectivity index (χ2n) is 9.82. The van der Waals surface area contributed by atoms with E-state index < -0.39 is 0 Å². The minimum absolute atomic E-state index is 0.0565. The summed E-state index contributed by atoms with van der Waals surface area (Å²) < 4.78 is 14.5. The Morgan fingerprint density at radius 2 is 1.89 bits per heavy atom. The highest BCUT2D eigenvalue weighted by atomic mass is 19.1. The first-order chi connectivity index (χ1) is 12.9. The lowest BCUT2D eigenvalue weighted by atomic mass is 9.47. The highest BCUT2D eigenvalue weighted by Crippen LogP contribution is 2.66. The van der Waals surface area contributed by atoms with E-state index >= 15 is 0 Å². The zero-order chi connectivity index (χ0) is 18.8. The lowest BCUT2D eigenvalue weighted by Gasteiger charge is -2.57. The molecule has 6 atom stereocenters. The molecular weight excluding hydrogens is 337 g/mol. The van der Waals surface area contributed by atoms with E-state index in [1.807, 2.05) is 0 Å². The van der Waals surface area contributed by atoms with Gasteiger partial charge in [0, 0.05) is 18.0 Å². The van der Waals surface area contributed by atoms with Crippen molar-refractivity contribution in [1.29, 1.82) is 0 Å². The Morgan fingerprint density at radius 3 is 2.70 bits per heavy atom. The van der Waals surface area contributed by atoms with Gasteiger partial charge in [0.25, 0.3) is 0 Å². The zero-order valence-corrected chi connectivity index (χ0v) is 16.4. The summed E-state index contributed by atoms with van der Waals surface area (Å²) in [5, 5.41) is 10.1. The average Bonchev–Trinajstić information content (AvgIpc) is 3.00. The molecule has 4 aliphatic carbocycles. The van der Waals surface area contributed by atoms with Crippen LogP contribution in [-0.4, -0.2) is 16.2 Å². The molecule has 144 valence electrons. The first-order valence-electron chi connectivity index (χ1n) is 10.6. The van der Waals surface area contributed by atoms with E-state index in [1.165, 1.54) is 29.8 Å². The van der Waals surface area contributed by atoms with Gasteiger partial charge in [-0.3, -0.25) is 4.98 Å². The van der Waals surface area contributed by atoms with Crippen LogP contribution >= 0.6 is 0 Å². The molecule has 0 radical (unpaired) electrons. The van der Waals surface area contributed by atoms with Gasteiger partial charge in [-0.2, -0.15) is 0 Å². The quantitative estimate of drug-likeness (QED) is 0.661. The van der Waals surface area contributed by atoms with Gasteiger partial charge >= 0.3 is 0 Å². The number of fused-ring (bicyclic) bond motifs is 5. The van der Waals surface area contributed by atoms with Gasteiger partial charge in [0.05, 0.1) is 6.10 Å². The topological polar surface area (TPSA) is 33.1 Å². The molecule has 0 saturated heterocycles. The first kappa shape index (κ1) is 17.6. The van der Waals surface area contributed by atoms with Gasteiger partial charge in [0.15, 0.2) is 0 Å². The number of halogens is 1. The fraction of sp³-hybridized carbons (Fsp3) is 0.625. The Hall–Kier alpha value is -1.48. The summed E-state index contributed by atoms with van der Waals surface area (Å²) in [7, 11) is 0. The van der Waals surface area contributed by atoms with Gasteiger partial charge in [-0.25, -0.2) is 4.39 Å². The first-order valence-corrected chi connectivity index (χ1v) is 10.6. The molecule has 2 nitrogen and oxygen atoms in total. The average molecular weight is 368 g/mol. The van der Waals surface area contributed by atoms with E-state index in [2.05, 4.69) is 31.0 Å². The molecule has 5 rings (SSSR count). The molecular formula is C24H30FNO. The Labute approximate surface area is 161 Å². The van der Waals surface area contributed by atoms with Crippen LogP contribution < -0.4 is 0 Å². The summed E-state index contributed by atoms with van der Waals surface area (Å²) in [5.41, 5.74) is 3.72. The van der Waals surface area contributed by atoms with Gasteiger partial charge in [-0.05, 0) is 85.2 Å². The lowest BCUT2D eigenvalue weighted by molar-refractivity contribution is -0.0238. The maximum Gasteiger partial charge on any atom is 0.133 e. The van der Waals surface area contributed by atoms with E-state index in [9.17, 15) is 9.50 Å². The van der Waals surface area contributed by atoms with Gasteiger partial charge in [0.1, 0.15) is 5.82 Å². The summed E-state index contributed by atoms with van der Waals surface area (Å²) in [6.45, 7) is 4.82. The standard InChI is InChI=1S/C24H30FNO/c1-23-10-7-16(27)13-15(23)3-4-17-19-5-6-20(18-14-26-12-9-22(18)25)24(19,2)11-8-21(17)23/h3,6,9,12,14,16-17,19,21,27H,4-5,7-8,10-11,13H2,1-2H3. The monoisotopic (exact) mass is 367 g/mol. The molecule has 0 amide bonds. The second-order valence-corrected chi connectivity index (χ2v) is 9.82. The fourth-order valence-electron chi connectivity index (χ4n) is 7.20. The minimum Gasteiger partial charge on any atom is -0.393 e. The largest absolute Gasteiger partial charge is 0.393 e. The van der Waals surface area contributed by atoms with Crippen molar-refractivity contribution in [3.63, 3.8) is 0 Å². The number of aromatic nitrogens is 1. The van der Waals surface area contributed by atoms with Crippen LogP contribution in [0, 0.1) is 34.4 Å². The van der Waals surface area contributed by atoms with Crippen molar-refractivity contribution in [1.82, 2.24) is 4.98 Å². The lowest BCUT2D eigenvalue weighted by Crippen LogP contribution is -2.49. The second kappa shape index (κ2) is 6.01. The van der Waals surface area contributed by atoms with Crippen molar-refractivity contribution in [2.75, 3.05) is 0 Å². The third-order valence-corrected chi connectivity index (χ3v) is 8.72. The fourth-order valence-corrected chi connectivity index (χ4v) is 7.20. The van der Waals surface area contributed by atoms with Crippen molar-refractivity contribution in [2.24, 2.45) is 28.6 Å². The van der Waals surface area contributed by atoms with Crippen LogP contribution in [0.4, 0.5) is 4.39 Å². The van der Waals surface area contributed by atoms with Crippen LogP contribution in [0.5, 0.6) is 0 Å². The Morgan fingerprint density at radius 1 is 1.07 bits per heavy atom. The SMILES string of the molecule is CC12CCC(O)CC1=CCC1C2CCC2(C)C(c3cnccc3F)=CCC12. The van der Waals surface area contributed by atoms with Gasteiger partial charge < -0.3 is 5.11 Å². The van der Waals surface area contributed by atoms with Crippen LogP contribution in [0.3, 0.4) is 0 Å². The number of hydrogen-bond donors (Lipinski definition) is 1. The molecule has 0 bridgehead atoms. The normalized spacial score (nSPS) is 43.3. The highest BCUT2D eigenvalue weighted by molar-refractivity contribution is 5.72. The molecule has 1 aromatic heterocycles. The number of nitrogens with zero attached hydrogens (tertiary/aromatic N) is 1. The Bertz CT molecular complexity index is 829. The molecule has 1 N–H and O–H groups in total. The summed E-state index contributed by atoms with van der Waals surface area (Å²) in [5.74, 6) is 1.82. The van der Waals surface area contributed by atoms with E-state index in [0.717, 1.165) is 38.5 Å². The van der Waals surface area contributed by atoms with Gasteiger partial charge in [0.2, 0.25) is 0 Å². The van der Waals surface area contributed by atoms with Crippen molar-refractivity contribution in [3.05, 3.63) is 47.6 Å². The van der Waals surface area contributed by atoms with Gasteiger partial charge in [-0.15, -0.1) is 0 Å². The number of allylic oxidation sites excluding steroid dienone is 3. The van der Waals surface area contributed by atoms with Crippen LogP contribution in [0.15, 0.2) is 36.2 Å². The summed E-state index contributed by atoms with van der Waals surface area (Å²) in [6, 6.07) is 1.49. The molecule has 0 aliphatic heterocycles. The predicted octanol–water partition coefficient (Wildman–Crippen LogP) is 5.54. The molecule has 1 heterocycles. The number of aliphatic hydroxyl groups excluding tert-OH is 1. The molecule has 2 fully saturated rings. The van der Waals surface area contributed by atoms with Crippen LogP contribution in [0.1, 0.15) is 64.4 Å². The molecule has 3 heteroatoms. The van der Waals surface area contributed by atoms with E-state index in [0.29, 0.717) is 23.3 Å². The van der Waals surface area contributed by atoms with Crippen molar-refractivity contribution in [3.8, 4) is 0 Å². The van der Waals surface area contributed by atoms with E-state index in [-0.39, 0.29) is 22.8 Å². The molecule has 2 saturated carbocycles. The van der Waals surface area contributed by atoms with Crippen LogP contribution in [0.2, 0.25) is 0 Å². The summed E-state index contributed by atoms with van der Waals surface area (Å²) in [6.07, 6.45) is 15.3. The van der Waals surface area contributed by atoms with Crippen molar-refractivity contribution < 1.29 is 9.50 Å². The van der Waals surface area contributed by atoms with Crippen molar-refractivity contribution in [2.45, 2.75) is 64.9 Å². The van der Waals surface area contributed by atoms with Crippen molar-refractivity contribution >= 4 is 5.57 Å². The Balaban J connectivity index is 1.49. The smallest absolute Gasteiger partial charge is 0.133 e. The molecule has 27 heavy (non-hydrogen) atoms. The molecule has 6 unspecified atom stereocenters. The van der Waals surface area contributed by atoms with Crippen LogP contribution in [0.25, 0.3) is 5.57 Å². The predicted molar refractivity (Wildman–Crippen MR) is 105 cm³/mol. The molecule has 0 aromatic carbocycles. The number of aliphatic hydroxyl groups is 1. The molecule has 1 aromatic rings. The minimum atomic E-state index is -0.150. The number of hydrogen-bond acceptors (Lipinski definition) is 2. The zero-order valence-electron chi connectivity index (χ0n) is 16.4. The maximum absolute atomic E-state index is 14.5. The Kier molecular flexibility index (Phi) is 3.92. The number of rotatable bonds is 1. The molecule has 4 aliphatic rings.